The Bertz CT molecular complexity index is 216. The van der Waals surface area contributed by atoms with E-state index in [4.69, 9.17) is 5.73 Å². The van der Waals surface area contributed by atoms with Gasteiger partial charge in [0.15, 0.2) is 0 Å². The average molecular weight is 203 g/mol. The molecule has 3 N–H and O–H groups in total. The molecule has 0 spiro atoms. The van der Waals surface area contributed by atoms with Crippen molar-refractivity contribution in [3.05, 3.63) is 0 Å². The minimum absolute atomic E-state index is 0.0261. The predicted molar refractivity (Wildman–Crippen MR) is 51.0 cm³/mol. The number of carbonyl (C=O) groups excluding carboxylic acids is 2. The third kappa shape index (κ3) is 2.80. The largest absolute Gasteiger partial charge is 0.350 e. The number of nitrogens with zero attached hydrogens (tertiary/aromatic N) is 1. The van der Waals surface area contributed by atoms with Crippen LogP contribution in [0.5, 0.6) is 0 Å². The first-order valence-electron chi connectivity index (χ1n) is 4.06. The van der Waals surface area contributed by atoms with E-state index in [0.29, 0.717) is 0 Å². The van der Waals surface area contributed by atoms with Crippen molar-refractivity contribution in [3.8, 4) is 0 Å². The summed E-state index contributed by atoms with van der Waals surface area (Å²) < 4.78 is 0. The van der Waals surface area contributed by atoms with E-state index in [1.165, 1.54) is 7.05 Å². The van der Waals surface area contributed by atoms with Gasteiger partial charge in [0, 0.05) is 7.05 Å². The highest BCUT2D eigenvalue weighted by Crippen LogP contribution is 2.25. The Kier molecular flexibility index (Phi) is 3.41. The molecule has 0 aliphatic carbocycles. The second-order valence-electron chi connectivity index (χ2n) is 2.87. The number of hydrazine groups is 1. The molecular formula is C7H13N3O2S. The number of rotatable bonds is 1. The summed E-state index contributed by atoms with van der Waals surface area (Å²) in [4.78, 5) is 22.0. The summed E-state index contributed by atoms with van der Waals surface area (Å²) in [7, 11) is 1.43. The minimum Gasteiger partial charge on any atom is -0.350 e. The number of amides is 3. The Labute approximate surface area is 81.0 Å². The molecule has 0 aromatic carbocycles. The van der Waals surface area contributed by atoms with Gasteiger partial charge in [0.05, 0.1) is 5.25 Å². The van der Waals surface area contributed by atoms with E-state index >= 15 is 0 Å². The molecule has 3 amide bonds. The molecule has 13 heavy (non-hydrogen) atoms. The summed E-state index contributed by atoms with van der Waals surface area (Å²) in [6, 6.07) is -0.656. The Morgan fingerprint density at radius 3 is 2.77 bits per heavy atom. The second-order valence-corrected chi connectivity index (χ2v) is 4.19. The Morgan fingerprint density at radius 1 is 1.62 bits per heavy atom. The SMILES string of the molecule is CN(NC(=O)C1CCCS1)C(N)=O. The Balaban J connectivity index is 2.35. The number of thioether (sulfide) groups is 1. The van der Waals surface area contributed by atoms with Gasteiger partial charge in [0.25, 0.3) is 5.91 Å². The molecule has 0 bridgehead atoms. The Morgan fingerprint density at radius 2 is 2.31 bits per heavy atom. The summed E-state index contributed by atoms with van der Waals surface area (Å²) in [5, 5.41) is 0.975. The fourth-order valence-electron chi connectivity index (χ4n) is 1.08. The third-order valence-corrected chi connectivity index (χ3v) is 3.21. The summed E-state index contributed by atoms with van der Waals surface area (Å²) in [5.41, 5.74) is 7.37. The smallest absolute Gasteiger partial charge is 0.333 e. The molecule has 1 aliphatic rings. The molecule has 0 aromatic heterocycles. The molecule has 1 unspecified atom stereocenters. The standard InChI is InChI=1S/C7H13N3O2S/c1-10(7(8)12)9-6(11)5-3-2-4-13-5/h5H,2-4H2,1H3,(H2,8,12)(H,9,11). The average Bonchev–Trinajstić information content (AvgIpc) is 2.55. The number of hydrogen-bond acceptors (Lipinski definition) is 3. The number of carbonyl (C=O) groups is 2. The van der Waals surface area contributed by atoms with E-state index in [-0.39, 0.29) is 11.2 Å². The number of urea groups is 1. The summed E-state index contributed by atoms with van der Waals surface area (Å²) in [6.45, 7) is 0. The van der Waals surface area contributed by atoms with Crippen molar-refractivity contribution in [3.63, 3.8) is 0 Å². The highest BCUT2D eigenvalue weighted by Gasteiger charge is 2.24. The molecule has 6 heteroatoms. The normalized spacial score (nSPS) is 21.2. The van der Waals surface area contributed by atoms with Crippen LogP contribution in [-0.2, 0) is 4.79 Å². The maximum absolute atomic E-state index is 11.4. The van der Waals surface area contributed by atoms with Crippen LogP contribution in [0.3, 0.4) is 0 Å². The molecule has 1 atom stereocenters. The quantitative estimate of drug-likeness (QED) is 0.585. The maximum Gasteiger partial charge on any atom is 0.333 e. The first-order chi connectivity index (χ1) is 6.11. The van der Waals surface area contributed by atoms with Crippen LogP contribution in [0.1, 0.15) is 12.8 Å². The lowest BCUT2D eigenvalue weighted by Gasteiger charge is -2.17. The molecule has 0 radical (unpaired) electrons. The van der Waals surface area contributed by atoms with E-state index in [1.807, 2.05) is 0 Å². The van der Waals surface area contributed by atoms with E-state index in [1.54, 1.807) is 11.8 Å². The van der Waals surface area contributed by atoms with Crippen molar-refractivity contribution in [1.82, 2.24) is 10.4 Å². The van der Waals surface area contributed by atoms with Crippen molar-refractivity contribution in [1.29, 1.82) is 0 Å². The number of nitrogens with one attached hydrogen (secondary N) is 1. The summed E-state index contributed by atoms with van der Waals surface area (Å²) in [6.07, 6.45) is 1.94. The minimum atomic E-state index is -0.656. The molecule has 1 fully saturated rings. The van der Waals surface area contributed by atoms with Crippen molar-refractivity contribution >= 4 is 23.7 Å². The van der Waals surface area contributed by atoms with Gasteiger partial charge in [-0.2, -0.15) is 0 Å². The van der Waals surface area contributed by atoms with Crippen LogP contribution in [-0.4, -0.2) is 35.0 Å². The van der Waals surface area contributed by atoms with Crippen molar-refractivity contribution < 1.29 is 9.59 Å². The highest BCUT2D eigenvalue weighted by molar-refractivity contribution is 8.00. The van der Waals surface area contributed by atoms with E-state index in [0.717, 1.165) is 23.6 Å². The summed E-state index contributed by atoms with van der Waals surface area (Å²) >= 11 is 1.61. The molecule has 1 saturated heterocycles. The molecular weight excluding hydrogens is 190 g/mol. The molecule has 1 rings (SSSR count). The first kappa shape index (κ1) is 10.2. The molecule has 0 aromatic rings. The zero-order valence-electron chi connectivity index (χ0n) is 7.45. The fourth-order valence-corrected chi connectivity index (χ4v) is 2.23. The van der Waals surface area contributed by atoms with Crippen LogP contribution in [0.25, 0.3) is 0 Å². The van der Waals surface area contributed by atoms with Gasteiger partial charge in [-0.15, -0.1) is 11.8 Å². The maximum atomic E-state index is 11.4. The van der Waals surface area contributed by atoms with Crippen LogP contribution in [0.4, 0.5) is 4.79 Å². The van der Waals surface area contributed by atoms with Gasteiger partial charge in [-0.3, -0.25) is 10.2 Å². The van der Waals surface area contributed by atoms with Crippen LogP contribution in [0, 0.1) is 0 Å². The van der Waals surface area contributed by atoms with E-state index in [9.17, 15) is 9.59 Å². The monoisotopic (exact) mass is 203 g/mol. The van der Waals surface area contributed by atoms with Gasteiger partial charge in [-0.05, 0) is 18.6 Å². The molecule has 0 saturated carbocycles. The van der Waals surface area contributed by atoms with Crippen molar-refractivity contribution in [2.24, 2.45) is 5.73 Å². The Hall–Kier alpha value is -0.910. The van der Waals surface area contributed by atoms with Gasteiger partial charge >= 0.3 is 6.03 Å². The van der Waals surface area contributed by atoms with Gasteiger partial charge < -0.3 is 5.73 Å². The van der Waals surface area contributed by atoms with Gasteiger partial charge in [-0.1, -0.05) is 0 Å². The number of primary amides is 1. The molecule has 5 nitrogen and oxygen atoms in total. The van der Waals surface area contributed by atoms with E-state index < -0.39 is 6.03 Å². The van der Waals surface area contributed by atoms with E-state index in [2.05, 4.69) is 5.43 Å². The number of nitrogens with two attached hydrogens (primary N) is 1. The lowest BCUT2D eigenvalue weighted by Crippen LogP contribution is -2.48. The zero-order chi connectivity index (χ0) is 9.84. The molecule has 1 heterocycles. The van der Waals surface area contributed by atoms with Crippen molar-refractivity contribution in [2.45, 2.75) is 18.1 Å². The summed E-state index contributed by atoms with van der Waals surface area (Å²) in [5.74, 6) is 0.877. The van der Waals surface area contributed by atoms with Crippen LogP contribution in [0.2, 0.25) is 0 Å². The van der Waals surface area contributed by atoms with Gasteiger partial charge in [-0.25, -0.2) is 9.80 Å². The molecule has 74 valence electrons. The van der Waals surface area contributed by atoms with Gasteiger partial charge in [0.2, 0.25) is 0 Å². The van der Waals surface area contributed by atoms with Gasteiger partial charge in [0.1, 0.15) is 0 Å². The van der Waals surface area contributed by atoms with Crippen molar-refractivity contribution in [2.75, 3.05) is 12.8 Å². The third-order valence-electron chi connectivity index (χ3n) is 1.83. The first-order valence-corrected chi connectivity index (χ1v) is 5.11. The predicted octanol–water partition coefficient (Wildman–Crippen LogP) is -0.0763. The van der Waals surface area contributed by atoms with Crippen LogP contribution < -0.4 is 11.2 Å². The topological polar surface area (TPSA) is 75.4 Å². The zero-order valence-corrected chi connectivity index (χ0v) is 8.26. The lowest BCUT2D eigenvalue weighted by atomic mass is 10.2. The van der Waals surface area contributed by atoms with Crippen LogP contribution in [0.15, 0.2) is 0 Å². The second kappa shape index (κ2) is 4.36. The lowest BCUT2D eigenvalue weighted by molar-refractivity contribution is -0.123. The highest BCUT2D eigenvalue weighted by atomic mass is 32.2. The fraction of sp³-hybridized carbons (Fsp3) is 0.714. The molecule has 1 aliphatic heterocycles. The van der Waals surface area contributed by atoms with Crippen LogP contribution >= 0.6 is 11.8 Å². The number of hydrogen-bond donors (Lipinski definition) is 2.